The van der Waals surface area contributed by atoms with Crippen molar-refractivity contribution in [3.05, 3.63) is 64.0 Å². The van der Waals surface area contributed by atoms with Crippen LogP contribution < -0.4 is 9.64 Å². The van der Waals surface area contributed by atoms with Crippen molar-refractivity contribution in [2.24, 2.45) is 17.8 Å². The van der Waals surface area contributed by atoms with Gasteiger partial charge in [-0.25, -0.2) is 4.98 Å². The number of thiazole rings is 1. The summed E-state index contributed by atoms with van der Waals surface area (Å²) in [5.41, 5.74) is 5.53. The van der Waals surface area contributed by atoms with Gasteiger partial charge in [0.1, 0.15) is 12.4 Å². The van der Waals surface area contributed by atoms with Crippen LogP contribution in [0, 0.1) is 31.6 Å². The third-order valence-electron chi connectivity index (χ3n) is 9.19. The Balaban J connectivity index is 1.16. The number of carbonyl (C=O) groups excluding carboxylic acids is 1. The smallest absolute Gasteiger partial charge is 0.307 e. The Hall–Kier alpha value is -3.43. The van der Waals surface area contributed by atoms with Gasteiger partial charge in [-0.3, -0.25) is 9.59 Å². The minimum atomic E-state index is -0.649. The number of hydrogen-bond acceptors (Lipinski definition) is 7. The zero-order valence-electron chi connectivity index (χ0n) is 24.3. The van der Waals surface area contributed by atoms with E-state index in [0.717, 1.165) is 84.0 Å². The number of anilines is 1. The number of carboxylic acid groups (broad SMARTS) is 1. The van der Waals surface area contributed by atoms with E-state index >= 15 is 0 Å². The molecule has 3 fully saturated rings. The fraction of sp³-hybridized carbons (Fsp3) is 0.485. The van der Waals surface area contributed by atoms with Crippen LogP contribution in [-0.2, 0) is 11.4 Å². The zero-order chi connectivity index (χ0) is 29.4. The molecule has 1 aliphatic carbocycles. The van der Waals surface area contributed by atoms with Crippen molar-refractivity contribution in [3.8, 4) is 17.0 Å². The van der Waals surface area contributed by atoms with Crippen molar-refractivity contribution < 1.29 is 24.5 Å². The molecule has 1 saturated carbocycles. The van der Waals surface area contributed by atoms with Crippen molar-refractivity contribution in [2.45, 2.75) is 58.7 Å². The number of aliphatic hydroxyl groups excluding tert-OH is 1. The largest absolute Gasteiger partial charge is 0.488 e. The van der Waals surface area contributed by atoms with Crippen molar-refractivity contribution in [2.75, 3.05) is 31.1 Å². The highest BCUT2D eigenvalue weighted by molar-refractivity contribution is 7.14. The van der Waals surface area contributed by atoms with Gasteiger partial charge in [-0.05, 0) is 86.8 Å². The van der Waals surface area contributed by atoms with Crippen LogP contribution in [0.3, 0.4) is 0 Å². The van der Waals surface area contributed by atoms with Crippen molar-refractivity contribution in [3.63, 3.8) is 0 Å². The highest BCUT2D eigenvalue weighted by Gasteiger charge is 2.44. The van der Waals surface area contributed by atoms with Crippen molar-refractivity contribution in [1.29, 1.82) is 0 Å². The molecule has 0 spiro atoms. The van der Waals surface area contributed by atoms with Gasteiger partial charge in [-0.15, -0.1) is 11.3 Å². The molecule has 1 amide bonds. The Morgan fingerprint density at radius 3 is 2.52 bits per heavy atom. The second-order valence-corrected chi connectivity index (χ2v) is 13.0. The number of amides is 1. The maximum Gasteiger partial charge on any atom is 0.307 e. The molecule has 222 valence electrons. The molecule has 3 aromatic rings. The molecule has 2 aromatic carbocycles. The first-order chi connectivity index (χ1) is 20.3. The lowest BCUT2D eigenvalue weighted by Crippen LogP contribution is -2.51. The normalized spacial score (nSPS) is 24.0. The second-order valence-electron chi connectivity index (χ2n) is 12.2. The van der Waals surface area contributed by atoms with E-state index in [2.05, 4.69) is 23.3 Å². The van der Waals surface area contributed by atoms with E-state index in [9.17, 15) is 19.8 Å². The summed E-state index contributed by atoms with van der Waals surface area (Å²) in [5.74, 6) is 0.178. The quantitative estimate of drug-likeness (QED) is 0.373. The van der Waals surface area contributed by atoms with Crippen LogP contribution in [0.5, 0.6) is 5.75 Å². The van der Waals surface area contributed by atoms with Crippen LogP contribution in [0.25, 0.3) is 11.3 Å². The number of ether oxygens (including phenoxy) is 1. The lowest BCUT2D eigenvalue weighted by Gasteiger charge is -2.45. The van der Waals surface area contributed by atoms with Gasteiger partial charge >= 0.3 is 5.97 Å². The molecular formula is C33H39N3O5S. The van der Waals surface area contributed by atoms with Gasteiger partial charge in [0.15, 0.2) is 5.13 Å². The topological polar surface area (TPSA) is 103 Å². The van der Waals surface area contributed by atoms with Crippen LogP contribution in [0.1, 0.15) is 59.2 Å². The maximum absolute atomic E-state index is 13.0. The molecule has 0 unspecified atom stereocenters. The van der Waals surface area contributed by atoms with Crippen molar-refractivity contribution in [1.82, 2.24) is 9.88 Å². The molecular weight excluding hydrogens is 550 g/mol. The molecule has 3 aliphatic rings. The van der Waals surface area contributed by atoms with E-state index in [4.69, 9.17) is 9.72 Å². The Morgan fingerprint density at radius 2 is 1.81 bits per heavy atom. The van der Waals surface area contributed by atoms with Gasteiger partial charge in [-0.1, -0.05) is 24.1 Å². The molecule has 2 N–H and O–H groups in total. The van der Waals surface area contributed by atoms with Crippen molar-refractivity contribution >= 4 is 28.3 Å². The number of aliphatic hydroxyl groups is 1. The van der Waals surface area contributed by atoms with E-state index in [1.54, 1.807) is 16.2 Å². The minimum Gasteiger partial charge on any atom is -0.488 e. The first kappa shape index (κ1) is 28.7. The summed E-state index contributed by atoms with van der Waals surface area (Å²) in [7, 11) is 0. The van der Waals surface area contributed by atoms with Gasteiger partial charge in [-0.2, -0.15) is 0 Å². The summed E-state index contributed by atoms with van der Waals surface area (Å²) in [6.07, 6.45) is 4.16. The number of aromatic nitrogens is 1. The standard InChI is InChI=1S/C33H39N3O5S/c1-20-8-11-29(41-18-25-10-9-22(14-21(25)2)31(38)35-12-4-7-26(37)17-35)27(13-20)28-19-42-33(34-28)36-15-23-5-3-6-24(16-36)30(23)32(39)40/h8-11,13-14,19,23-24,26,30,37H,3-7,12,15-18H2,1-2H3,(H,39,40)/t23-,24-,26-/m0/s1. The van der Waals surface area contributed by atoms with Gasteiger partial charge < -0.3 is 24.7 Å². The van der Waals surface area contributed by atoms with Crippen LogP contribution in [0.2, 0.25) is 0 Å². The number of β-amino-alcohol motifs (C(OH)–C–C–N with tert-alkyl or cyclic N) is 1. The lowest BCUT2D eigenvalue weighted by molar-refractivity contribution is -0.148. The Bertz CT molecular complexity index is 1460. The summed E-state index contributed by atoms with van der Waals surface area (Å²) in [4.78, 5) is 33.9. The summed E-state index contributed by atoms with van der Waals surface area (Å²) in [5, 5.41) is 22.8. The summed E-state index contributed by atoms with van der Waals surface area (Å²) < 4.78 is 6.36. The summed E-state index contributed by atoms with van der Waals surface area (Å²) >= 11 is 1.61. The maximum atomic E-state index is 13.0. The molecule has 2 saturated heterocycles. The molecule has 1 aromatic heterocycles. The van der Waals surface area contributed by atoms with E-state index < -0.39 is 12.1 Å². The summed E-state index contributed by atoms with van der Waals surface area (Å²) in [6.45, 7) is 6.96. The number of aliphatic carboxylic acids is 1. The highest BCUT2D eigenvalue weighted by Crippen LogP contribution is 2.43. The van der Waals surface area contributed by atoms with E-state index in [1.165, 1.54) is 0 Å². The minimum absolute atomic E-state index is 0.0414. The monoisotopic (exact) mass is 589 g/mol. The molecule has 2 aliphatic heterocycles. The molecule has 42 heavy (non-hydrogen) atoms. The highest BCUT2D eigenvalue weighted by atomic mass is 32.1. The Kier molecular flexibility index (Phi) is 8.23. The fourth-order valence-electron chi connectivity index (χ4n) is 6.97. The predicted molar refractivity (Wildman–Crippen MR) is 163 cm³/mol. The molecule has 0 radical (unpaired) electrons. The first-order valence-electron chi connectivity index (χ1n) is 15.0. The van der Waals surface area contributed by atoms with E-state index in [1.807, 2.05) is 37.3 Å². The van der Waals surface area contributed by atoms with E-state index in [-0.39, 0.29) is 23.7 Å². The average Bonchev–Trinajstić information content (AvgIpc) is 3.46. The molecule has 8 nitrogen and oxygen atoms in total. The number of rotatable bonds is 7. The fourth-order valence-corrected chi connectivity index (χ4v) is 7.81. The molecule has 2 bridgehead atoms. The third kappa shape index (κ3) is 5.90. The zero-order valence-corrected chi connectivity index (χ0v) is 25.1. The SMILES string of the molecule is Cc1ccc(OCc2ccc(C(=O)N3CCC[C@H](O)C3)cc2C)c(-c2csc(N3C[C@@H]4CCC[C@@H](C3)C4C(=O)O)n2)c1. The number of nitrogens with zero attached hydrogens (tertiary/aromatic N) is 3. The number of hydrogen-bond donors (Lipinski definition) is 2. The molecule has 6 rings (SSSR count). The number of carbonyl (C=O) groups is 2. The number of piperidine rings is 2. The first-order valence-corrected chi connectivity index (χ1v) is 15.9. The number of aryl methyl sites for hydroxylation is 2. The van der Waals surface area contributed by atoms with Gasteiger partial charge in [0, 0.05) is 42.7 Å². The number of fused-ring (bicyclic) bond motifs is 2. The second kappa shape index (κ2) is 12.1. The van der Waals surface area contributed by atoms with Gasteiger partial charge in [0.25, 0.3) is 5.91 Å². The third-order valence-corrected chi connectivity index (χ3v) is 10.1. The Morgan fingerprint density at radius 1 is 1.02 bits per heavy atom. The number of carboxylic acids is 1. The van der Waals surface area contributed by atoms with E-state index in [0.29, 0.717) is 25.3 Å². The van der Waals surface area contributed by atoms with Crippen LogP contribution in [-0.4, -0.2) is 64.3 Å². The lowest BCUT2D eigenvalue weighted by atomic mass is 9.69. The van der Waals surface area contributed by atoms with Gasteiger partial charge in [0.05, 0.1) is 17.7 Å². The molecule has 3 atom stereocenters. The van der Waals surface area contributed by atoms with Crippen LogP contribution in [0.15, 0.2) is 41.8 Å². The molecule has 3 heterocycles. The predicted octanol–water partition coefficient (Wildman–Crippen LogP) is 5.54. The number of benzene rings is 2. The summed E-state index contributed by atoms with van der Waals surface area (Å²) in [6, 6.07) is 11.8. The van der Waals surface area contributed by atoms with Crippen LogP contribution >= 0.6 is 11.3 Å². The Labute approximate surface area is 251 Å². The van der Waals surface area contributed by atoms with Crippen LogP contribution in [0.4, 0.5) is 5.13 Å². The number of likely N-dealkylation sites (tertiary alicyclic amines) is 1. The molecule has 9 heteroatoms. The average molecular weight is 590 g/mol. The van der Waals surface area contributed by atoms with Gasteiger partial charge in [0.2, 0.25) is 0 Å².